The zero-order valence-corrected chi connectivity index (χ0v) is 13.8. The molecule has 0 radical (unpaired) electrons. The molecule has 1 rings (SSSR count). The molecule has 0 saturated carbocycles. The van der Waals surface area contributed by atoms with E-state index in [0.29, 0.717) is 6.42 Å². The number of anilines is 1. The van der Waals surface area contributed by atoms with Crippen LogP contribution in [0.5, 0.6) is 0 Å². The molecule has 0 aromatic heterocycles. The van der Waals surface area contributed by atoms with Crippen molar-refractivity contribution >= 4 is 27.5 Å². The van der Waals surface area contributed by atoms with E-state index < -0.39 is 0 Å². The molecule has 20 heavy (non-hydrogen) atoms. The smallest absolute Gasteiger partial charge is 0.238 e. The number of nitrogens with one attached hydrogen (secondary N) is 2. The topological polar surface area (TPSA) is 61.4 Å². The Morgan fingerprint density at radius 2 is 1.90 bits per heavy atom. The summed E-state index contributed by atoms with van der Waals surface area (Å²) in [7, 11) is 0. The van der Waals surface area contributed by atoms with Gasteiger partial charge in [0.25, 0.3) is 0 Å². The van der Waals surface area contributed by atoms with Crippen molar-refractivity contribution in [1.29, 1.82) is 0 Å². The fourth-order valence-corrected chi connectivity index (χ4v) is 2.19. The van der Waals surface area contributed by atoms with Crippen LogP contribution in [0.15, 0.2) is 28.7 Å². The monoisotopic (exact) mass is 342 g/mol. The first kappa shape index (κ1) is 17.1. The standard InChI is InChI=1S/C15H23BrN2O2/c1-15(2,3)13(8-9-19)17-10-14(20)18-12-6-4-11(16)5-7-12/h4-7,13,17,19H,8-10H2,1-3H3,(H,18,20). The lowest BCUT2D eigenvalue weighted by Gasteiger charge is -2.31. The molecule has 1 aromatic rings. The van der Waals surface area contributed by atoms with E-state index in [0.717, 1.165) is 10.2 Å². The van der Waals surface area contributed by atoms with Crippen LogP contribution in [0.1, 0.15) is 27.2 Å². The van der Waals surface area contributed by atoms with Crippen LogP contribution in [0.4, 0.5) is 5.69 Å². The highest BCUT2D eigenvalue weighted by Gasteiger charge is 2.24. The van der Waals surface area contributed by atoms with Crippen LogP contribution >= 0.6 is 15.9 Å². The van der Waals surface area contributed by atoms with E-state index >= 15 is 0 Å². The van der Waals surface area contributed by atoms with Crippen LogP contribution in [0.3, 0.4) is 0 Å². The number of aliphatic hydroxyl groups is 1. The van der Waals surface area contributed by atoms with Crippen LogP contribution in [0.25, 0.3) is 0 Å². The molecular formula is C15H23BrN2O2. The average Bonchev–Trinajstić information content (AvgIpc) is 2.36. The van der Waals surface area contributed by atoms with Crippen molar-refractivity contribution in [2.45, 2.75) is 33.2 Å². The summed E-state index contributed by atoms with van der Waals surface area (Å²) in [5.74, 6) is -0.0838. The predicted molar refractivity (Wildman–Crippen MR) is 85.7 cm³/mol. The number of hydrogen-bond acceptors (Lipinski definition) is 3. The molecule has 0 saturated heterocycles. The minimum absolute atomic E-state index is 0.000616. The van der Waals surface area contributed by atoms with Crippen molar-refractivity contribution in [3.05, 3.63) is 28.7 Å². The maximum Gasteiger partial charge on any atom is 0.238 e. The third-order valence-corrected chi connectivity index (χ3v) is 3.63. The molecule has 5 heteroatoms. The Balaban J connectivity index is 2.47. The fraction of sp³-hybridized carbons (Fsp3) is 0.533. The summed E-state index contributed by atoms with van der Waals surface area (Å²) in [6.07, 6.45) is 0.634. The van der Waals surface area contributed by atoms with Gasteiger partial charge in [0.1, 0.15) is 0 Å². The summed E-state index contributed by atoms with van der Waals surface area (Å²) < 4.78 is 0.976. The number of hydrogen-bond donors (Lipinski definition) is 3. The Labute approximate surface area is 129 Å². The van der Waals surface area contributed by atoms with Crippen LogP contribution in [-0.4, -0.2) is 30.2 Å². The van der Waals surface area contributed by atoms with E-state index in [1.807, 2.05) is 24.3 Å². The Hall–Kier alpha value is -0.910. The first-order chi connectivity index (χ1) is 9.32. The van der Waals surface area contributed by atoms with E-state index in [1.54, 1.807) is 0 Å². The molecule has 0 aliphatic heterocycles. The second-order valence-corrected chi connectivity index (χ2v) is 6.78. The van der Waals surface area contributed by atoms with Crippen molar-refractivity contribution < 1.29 is 9.90 Å². The molecule has 0 bridgehead atoms. The van der Waals surface area contributed by atoms with Gasteiger partial charge in [-0.05, 0) is 36.1 Å². The molecule has 3 N–H and O–H groups in total. The Bertz CT molecular complexity index is 426. The van der Waals surface area contributed by atoms with E-state index in [9.17, 15) is 4.79 Å². The largest absolute Gasteiger partial charge is 0.396 e. The van der Waals surface area contributed by atoms with E-state index in [1.165, 1.54) is 0 Å². The second-order valence-electron chi connectivity index (χ2n) is 5.87. The molecule has 1 atom stereocenters. The summed E-state index contributed by atoms with van der Waals surface area (Å²) in [6.45, 7) is 6.62. The number of benzene rings is 1. The van der Waals surface area contributed by atoms with Crippen molar-refractivity contribution in [3.8, 4) is 0 Å². The zero-order valence-electron chi connectivity index (χ0n) is 12.2. The van der Waals surface area contributed by atoms with Gasteiger partial charge in [0, 0.05) is 22.8 Å². The van der Waals surface area contributed by atoms with Gasteiger partial charge in [-0.1, -0.05) is 36.7 Å². The van der Waals surface area contributed by atoms with E-state index in [-0.39, 0.29) is 30.5 Å². The van der Waals surface area contributed by atoms with Gasteiger partial charge in [0.15, 0.2) is 0 Å². The number of carbonyl (C=O) groups excluding carboxylic acids is 1. The van der Waals surface area contributed by atoms with Crippen molar-refractivity contribution in [2.24, 2.45) is 5.41 Å². The molecule has 4 nitrogen and oxygen atoms in total. The second kappa shape index (κ2) is 7.76. The summed E-state index contributed by atoms with van der Waals surface area (Å²) in [5.41, 5.74) is 0.773. The molecule has 0 fully saturated rings. The van der Waals surface area contributed by atoms with Gasteiger partial charge >= 0.3 is 0 Å². The highest BCUT2D eigenvalue weighted by molar-refractivity contribution is 9.10. The molecular weight excluding hydrogens is 320 g/mol. The van der Waals surface area contributed by atoms with Crippen molar-refractivity contribution in [1.82, 2.24) is 5.32 Å². The first-order valence-corrected chi connectivity index (χ1v) is 7.52. The SMILES string of the molecule is CC(C)(C)C(CCO)NCC(=O)Nc1ccc(Br)cc1. The minimum atomic E-state index is -0.0838. The number of aliphatic hydroxyl groups excluding tert-OH is 1. The highest BCUT2D eigenvalue weighted by Crippen LogP contribution is 2.21. The lowest BCUT2D eigenvalue weighted by Crippen LogP contribution is -2.44. The summed E-state index contributed by atoms with van der Waals surface area (Å²) in [5, 5.41) is 15.1. The Kier molecular flexibility index (Phi) is 6.65. The summed E-state index contributed by atoms with van der Waals surface area (Å²) in [6, 6.07) is 7.55. The predicted octanol–water partition coefficient (Wildman–Crippen LogP) is 2.77. The van der Waals surface area contributed by atoms with Gasteiger partial charge in [0.2, 0.25) is 5.91 Å². The lowest BCUT2D eigenvalue weighted by molar-refractivity contribution is -0.115. The van der Waals surface area contributed by atoms with E-state index in [4.69, 9.17) is 5.11 Å². The van der Waals surface area contributed by atoms with Crippen molar-refractivity contribution in [3.63, 3.8) is 0 Å². The van der Waals surface area contributed by atoms with Crippen LogP contribution < -0.4 is 10.6 Å². The highest BCUT2D eigenvalue weighted by atomic mass is 79.9. The molecule has 0 heterocycles. The first-order valence-electron chi connectivity index (χ1n) is 6.72. The summed E-state index contributed by atoms with van der Waals surface area (Å²) in [4.78, 5) is 11.9. The fourth-order valence-electron chi connectivity index (χ4n) is 1.92. The molecule has 1 unspecified atom stereocenters. The third-order valence-electron chi connectivity index (χ3n) is 3.10. The quantitative estimate of drug-likeness (QED) is 0.744. The number of halogens is 1. The van der Waals surface area contributed by atoms with Gasteiger partial charge < -0.3 is 15.7 Å². The number of rotatable bonds is 6. The number of carbonyl (C=O) groups is 1. The normalized spacial score (nSPS) is 13.1. The lowest BCUT2D eigenvalue weighted by atomic mass is 9.85. The van der Waals surface area contributed by atoms with Gasteiger partial charge in [-0.2, -0.15) is 0 Å². The van der Waals surface area contributed by atoms with Crippen LogP contribution in [0, 0.1) is 5.41 Å². The minimum Gasteiger partial charge on any atom is -0.396 e. The molecule has 1 amide bonds. The summed E-state index contributed by atoms with van der Waals surface area (Å²) >= 11 is 3.35. The third kappa shape index (κ3) is 6.03. The molecule has 0 aliphatic carbocycles. The molecule has 0 aliphatic rings. The molecule has 112 valence electrons. The number of amides is 1. The average molecular weight is 343 g/mol. The van der Waals surface area contributed by atoms with Gasteiger partial charge in [-0.3, -0.25) is 4.79 Å². The Morgan fingerprint density at radius 3 is 2.40 bits per heavy atom. The maximum atomic E-state index is 11.9. The van der Waals surface area contributed by atoms with Gasteiger partial charge in [-0.25, -0.2) is 0 Å². The van der Waals surface area contributed by atoms with Gasteiger partial charge in [-0.15, -0.1) is 0 Å². The molecule has 1 aromatic carbocycles. The zero-order chi connectivity index (χ0) is 15.2. The van der Waals surface area contributed by atoms with Crippen molar-refractivity contribution in [2.75, 3.05) is 18.5 Å². The van der Waals surface area contributed by atoms with Crippen LogP contribution in [-0.2, 0) is 4.79 Å². The van der Waals surface area contributed by atoms with Crippen LogP contribution in [0.2, 0.25) is 0 Å². The maximum absolute atomic E-state index is 11.9. The Morgan fingerprint density at radius 1 is 1.30 bits per heavy atom. The molecule has 0 spiro atoms. The van der Waals surface area contributed by atoms with Gasteiger partial charge in [0.05, 0.1) is 6.54 Å². The van der Waals surface area contributed by atoms with E-state index in [2.05, 4.69) is 47.3 Å².